The summed E-state index contributed by atoms with van der Waals surface area (Å²) in [5.74, 6) is -0.515. The summed E-state index contributed by atoms with van der Waals surface area (Å²) in [6.45, 7) is 1.75. The number of nitrogens with zero attached hydrogens (tertiary/aromatic N) is 1. The van der Waals surface area contributed by atoms with Gasteiger partial charge in [0.15, 0.2) is 0 Å². The molecule has 9 heteroatoms. The number of carbonyl (C=O) groups excluding carboxylic acids is 1. The van der Waals surface area contributed by atoms with Gasteiger partial charge in [-0.1, -0.05) is 18.2 Å². The van der Waals surface area contributed by atoms with E-state index < -0.39 is 27.3 Å². The van der Waals surface area contributed by atoms with Crippen LogP contribution in [0.25, 0.3) is 10.1 Å². The molecule has 0 radical (unpaired) electrons. The number of morpholine rings is 1. The molecular weight excluding hydrogens is 388 g/mol. The lowest BCUT2D eigenvalue weighted by molar-refractivity contribution is -0.00275. The highest BCUT2D eigenvalue weighted by molar-refractivity contribution is 7.89. The second-order valence-corrected chi connectivity index (χ2v) is 10.0. The van der Waals surface area contributed by atoms with Crippen LogP contribution in [0.2, 0.25) is 0 Å². The molecule has 7 nitrogen and oxygen atoms in total. The molecule has 1 atom stereocenters. The summed E-state index contributed by atoms with van der Waals surface area (Å²) in [4.78, 5) is 12.4. The maximum Gasteiger partial charge on any atom is 0.259 e. The maximum absolute atomic E-state index is 13.1. The van der Waals surface area contributed by atoms with E-state index in [4.69, 9.17) is 15.2 Å². The summed E-state index contributed by atoms with van der Waals surface area (Å²) in [6.07, 6.45) is 0.517. The monoisotopic (exact) mass is 410 g/mol. The molecule has 3 heterocycles. The lowest BCUT2D eigenvalue weighted by atomic mass is 10.0. The fourth-order valence-electron chi connectivity index (χ4n) is 3.78. The molecule has 2 N–H and O–H groups in total. The highest BCUT2D eigenvalue weighted by Gasteiger charge is 2.38. The number of carbonyl (C=O) groups is 1. The SMILES string of the molecule is NC(=O)c1sc2ccccc2c1[C@@H]1CN(S(=O)(=O)C2CCOCC2)CCO1. The van der Waals surface area contributed by atoms with Gasteiger partial charge in [-0.15, -0.1) is 11.3 Å². The van der Waals surface area contributed by atoms with E-state index in [1.807, 2.05) is 24.3 Å². The average Bonchev–Trinajstić information content (AvgIpc) is 3.09. The van der Waals surface area contributed by atoms with Gasteiger partial charge in [0, 0.05) is 36.6 Å². The van der Waals surface area contributed by atoms with Crippen molar-refractivity contribution in [2.75, 3.05) is 32.9 Å². The number of primary amides is 1. The Morgan fingerprint density at radius 1 is 1.19 bits per heavy atom. The van der Waals surface area contributed by atoms with Gasteiger partial charge in [-0.25, -0.2) is 8.42 Å². The molecule has 0 spiro atoms. The topological polar surface area (TPSA) is 98.9 Å². The Balaban J connectivity index is 1.67. The zero-order chi connectivity index (χ0) is 19.0. The number of amides is 1. The summed E-state index contributed by atoms with van der Waals surface area (Å²) in [7, 11) is -3.43. The first kappa shape index (κ1) is 18.8. The van der Waals surface area contributed by atoms with Gasteiger partial charge in [0.05, 0.1) is 22.8 Å². The Labute approximate surface area is 162 Å². The Morgan fingerprint density at radius 2 is 1.93 bits per heavy atom. The van der Waals surface area contributed by atoms with Gasteiger partial charge >= 0.3 is 0 Å². The molecular formula is C18H22N2O5S2. The number of thiophene rings is 1. The van der Waals surface area contributed by atoms with Crippen molar-refractivity contribution in [1.29, 1.82) is 0 Å². The zero-order valence-corrected chi connectivity index (χ0v) is 16.4. The van der Waals surface area contributed by atoms with Crippen molar-refractivity contribution in [3.05, 3.63) is 34.7 Å². The molecule has 0 bridgehead atoms. The number of sulfonamides is 1. The second kappa shape index (κ2) is 7.48. The van der Waals surface area contributed by atoms with Crippen LogP contribution in [0.3, 0.4) is 0 Å². The summed E-state index contributed by atoms with van der Waals surface area (Å²) < 4.78 is 39.8. The summed E-state index contributed by atoms with van der Waals surface area (Å²) in [5, 5.41) is 0.478. The molecule has 0 saturated carbocycles. The van der Waals surface area contributed by atoms with Crippen LogP contribution in [0, 0.1) is 0 Å². The van der Waals surface area contributed by atoms with E-state index in [-0.39, 0.29) is 13.2 Å². The molecule has 1 amide bonds. The van der Waals surface area contributed by atoms with Gasteiger partial charge in [-0.2, -0.15) is 4.31 Å². The smallest absolute Gasteiger partial charge is 0.259 e. The highest BCUT2D eigenvalue weighted by atomic mass is 32.2. The standard InChI is InChI=1S/C18H22N2O5S2/c19-18(21)17-16(13-3-1-2-4-15(13)26-17)14-11-20(7-10-25-14)27(22,23)12-5-8-24-9-6-12/h1-4,12,14H,5-11H2,(H2,19,21)/t14-/m0/s1. The van der Waals surface area contributed by atoms with E-state index >= 15 is 0 Å². The highest BCUT2D eigenvalue weighted by Crippen LogP contribution is 2.38. The number of rotatable bonds is 4. The third-order valence-electron chi connectivity index (χ3n) is 5.16. The molecule has 146 valence electrons. The normalized spacial score (nSPS) is 22.9. The van der Waals surface area contributed by atoms with E-state index in [2.05, 4.69) is 0 Å². The van der Waals surface area contributed by atoms with E-state index in [1.165, 1.54) is 15.6 Å². The first-order valence-electron chi connectivity index (χ1n) is 8.98. The lowest BCUT2D eigenvalue weighted by Gasteiger charge is -2.35. The first-order valence-corrected chi connectivity index (χ1v) is 11.3. The number of nitrogens with two attached hydrogens (primary N) is 1. The third-order valence-corrected chi connectivity index (χ3v) is 8.72. The van der Waals surface area contributed by atoms with Crippen LogP contribution < -0.4 is 5.73 Å². The number of ether oxygens (including phenoxy) is 2. The van der Waals surface area contributed by atoms with E-state index in [0.29, 0.717) is 43.0 Å². The number of hydrogen-bond donors (Lipinski definition) is 1. The minimum Gasteiger partial charge on any atom is -0.381 e. The van der Waals surface area contributed by atoms with Crippen molar-refractivity contribution in [1.82, 2.24) is 4.31 Å². The fraction of sp³-hybridized carbons (Fsp3) is 0.500. The molecule has 2 fully saturated rings. The second-order valence-electron chi connectivity index (χ2n) is 6.78. The van der Waals surface area contributed by atoms with Crippen LogP contribution >= 0.6 is 11.3 Å². The van der Waals surface area contributed by atoms with Crippen molar-refractivity contribution in [2.24, 2.45) is 5.73 Å². The summed E-state index contributed by atoms with van der Waals surface area (Å²) >= 11 is 1.32. The first-order chi connectivity index (χ1) is 13.0. The van der Waals surface area contributed by atoms with Crippen molar-refractivity contribution < 1.29 is 22.7 Å². The van der Waals surface area contributed by atoms with E-state index in [1.54, 1.807) is 0 Å². The predicted octanol–water partition coefficient (Wildman–Crippen LogP) is 1.88. The van der Waals surface area contributed by atoms with Gasteiger partial charge in [0.1, 0.15) is 0 Å². The molecule has 1 aromatic heterocycles. The largest absolute Gasteiger partial charge is 0.381 e. The van der Waals surface area contributed by atoms with Gasteiger partial charge in [-0.3, -0.25) is 4.79 Å². The molecule has 4 rings (SSSR count). The summed E-state index contributed by atoms with van der Waals surface area (Å²) in [6, 6.07) is 7.64. The number of benzene rings is 1. The van der Waals surface area contributed by atoms with Crippen molar-refractivity contribution in [3.8, 4) is 0 Å². The van der Waals surface area contributed by atoms with Gasteiger partial charge < -0.3 is 15.2 Å². The minimum absolute atomic E-state index is 0.195. The zero-order valence-electron chi connectivity index (χ0n) is 14.8. The van der Waals surface area contributed by atoms with Crippen molar-refractivity contribution in [3.63, 3.8) is 0 Å². The van der Waals surface area contributed by atoms with Gasteiger partial charge in [0.25, 0.3) is 5.91 Å². The maximum atomic E-state index is 13.1. The minimum atomic E-state index is -3.43. The van der Waals surface area contributed by atoms with E-state index in [9.17, 15) is 13.2 Å². The van der Waals surface area contributed by atoms with Crippen LogP contribution in [0.15, 0.2) is 24.3 Å². The fourth-order valence-corrected chi connectivity index (χ4v) is 6.77. The van der Waals surface area contributed by atoms with Crippen LogP contribution in [0.4, 0.5) is 0 Å². The molecule has 2 aliphatic heterocycles. The molecule has 2 aliphatic rings. The molecule has 0 aliphatic carbocycles. The van der Waals surface area contributed by atoms with Crippen LogP contribution in [-0.2, 0) is 19.5 Å². The van der Waals surface area contributed by atoms with Crippen molar-refractivity contribution in [2.45, 2.75) is 24.2 Å². The van der Waals surface area contributed by atoms with E-state index in [0.717, 1.165) is 10.1 Å². The molecule has 2 aromatic rings. The molecule has 1 aromatic carbocycles. The Morgan fingerprint density at radius 3 is 2.67 bits per heavy atom. The summed E-state index contributed by atoms with van der Waals surface area (Å²) in [5.41, 5.74) is 6.30. The molecule has 27 heavy (non-hydrogen) atoms. The van der Waals surface area contributed by atoms with Gasteiger partial charge in [0.2, 0.25) is 10.0 Å². The van der Waals surface area contributed by atoms with Gasteiger partial charge in [-0.05, 0) is 24.3 Å². The third kappa shape index (κ3) is 3.50. The average molecular weight is 411 g/mol. The van der Waals surface area contributed by atoms with Crippen molar-refractivity contribution >= 4 is 37.4 Å². The van der Waals surface area contributed by atoms with Crippen LogP contribution in [0.1, 0.15) is 34.2 Å². The van der Waals surface area contributed by atoms with Crippen LogP contribution in [0.5, 0.6) is 0 Å². The van der Waals surface area contributed by atoms with Crippen LogP contribution in [-0.4, -0.2) is 56.8 Å². The number of fused-ring (bicyclic) bond motifs is 1. The quantitative estimate of drug-likeness (QED) is 0.830. The predicted molar refractivity (Wildman–Crippen MR) is 103 cm³/mol. The molecule has 0 unspecified atom stereocenters. The Kier molecular flexibility index (Phi) is 5.21. The lowest BCUT2D eigenvalue weighted by Crippen LogP contribution is -2.47. The Bertz CT molecular complexity index is 950. The number of hydrogen-bond acceptors (Lipinski definition) is 6. The Hall–Kier alpha value is -1.52. The molecule has 2 saturated heterocycles.